The molecular formula is C22H34FN5O3S. The van der Waals surface area contributed by atoms with E-state index in [0.717, 1.165) is 25.0 Å². The number of halogens is 1. The molecule has 0 aliphatic carbocycles. The molecule has 10 heteroatoms. The van der Waals surface area contributed by atoms with E-state index in [1.807, 2.05) is 44.5 Å². The molecule has 0 saturated carbocycles. The van der Waals surface area contributed by atoms with Crippen LogP contribution in [0, 0.1) is 5.82 Å². The van der Waals surface area contributed by atoms with Crippen molar-refractivity contribution in [1.82, 2.24) is 19.4 Å². The topological polar surface area (TPSA) is 96.3 Å². The van der Waals surface area contributed by atoms with E-state index in [0.29, 0.717) is 29.7 Å². The highest BCUT2D eigenvalue weighted by Gasteiger charge is 2.26. The van der Waals surface area contributed by atoms with Gasteiger partial charge in [-0.25, -0.2) is 13.9 Å². The average molecular weight is 468 g/mol. The van der Waals surface area contributed by atoms with Gasteiger partial charge in [0.15, 0.2) is 5.03 Å². The van der Waals surface area contributed by atoms with Crippen LogP contribution in [0.5, 0.6) is 0 Å². The Kier molecular flexibility index (Phi) is 8.80. The van der Waals surface area contributed by atoms with Gasteiger partial charge in [-0.15, -0.1) is 0 Å². The predicted octanol–water partition coefficient (Wildman–Crippen LogP) is 3.99. The molecule has 1 atom stereocenters. The van der Waals surface area contributed by atoms with Gasteiger partial charge in [-0.2, -0.15) is 13.5 Å². The molecule has 2 amide bonds. The molecule has 2 N–H and O–H groups in total. The van der Waals surface area contributed by atoms with E-state index < -0.39 is 16.1 Å². The zero-order chi connectivity index (χ0) is 24.1. The van der Waals surface area contributed by atoms with E-state index in [1.54, 1.807) is 7.05 Å². The molecule has 0 fully saturated rings. The lowest BCUT2D eigenvalue weighted by Gasteiger charge is -2.22. The van der Waals surface area contributed by atoms with Gasteiger partial charge in [-0.3, -0.25) is 4.68 Å². The van der Waals surface area contributed by atoms with Crippen LogP contribution in [0.1, 0.15) is 62.9 Å². The molecule has 8 nitrogen and oxygen atoms in total. The molecule has 0 spiro atoms. The van der Waals surface area contributed by atoms with Gasteiger partial charge in [0, 0.05) is 18.8 Å². The first-order chi connectivity index (χ1) is 15.0. The first kappa shape index (κ1) is 25.8. The van der Waals surface area contributed by atoms with Crippen LogP contribution in [0.2, 0.25) is 0 Å². The highest BCUT2D eigenvalue weighted by molar-refractivity contribution is 7.90. The maximum absolute atomic E-state index is 14.0. The van der Waals surface area contributed by atoms with Gasteiger partial charge in [0.2, 0.25) is 0 Å². The molecule has 32 heavy (non-hydrogen) atoms. The molecule has 0 aliphatic rings. The van der Waals surface area contributed by atoms with Crippen molar-refractivity contribution in [2.45, 2.75) is 63.9 Å². The minimum absolute atomic E-state index is 0.0160. The van der Waals surface area contributed by atoms with Crippen molar-refractivity contribution < 1.29 is 17.6 Å². The van der Waals surface area contributed by atoms with Crippen LogP contribution in [0.4, 0.5) is 14.9 Å². The average Bonchev–Trinajstić information content (AvgIpc) is 3.07. The number of nitrogens with zero attached hydrogens (tertiary/aromatic N) is 3. The van der Waals surface area contributed by atoms with Crippen molar-refractivity contribution in [3.05, 3.63) is 40.8 Å². The minimum Gasteiger partial charge on any atom is -0.307 e. The Labute approximate surface area is 190 Å². The van der Waals surface area contributed by atoms with Crippen molar-refractivity contribution in [1.29, 1.82) is 0 Å². The predicted molar refractivity (Wildman–Crippen MR) is 124 cm³/mol. The maximum atomic E-state index is 14.0. The summed E-state index contributed by atoms with van der Waals surface area (Å²) in [6.07, 6.45) is 3.40. The van der Waals surface area contributed by atoms with Gasteiger partial charge in [-0.1, -0.05) is 33.6 Å². The molecule has 1 heterocycles. The number of urea groups is 1. The number of benzene rings is 1. The van der Waals surface area contributed by atoms with Gasteiger partial charge < -0.3 is 10.2 Å². The monoisotopic (exact) mass is 467 g/mol. The molecule has 0 saturated heterocycles. The van der Waals surface area contributed by atoms with Gasteiger partial charge in [0.1, 0.15) is 5.82 Å². The van der Waals surface area contributed by atoms with Crippen LogP contribution in [0.15, 0.2) is 23.2 Å². The van der Waals surface area contributed by atoms with Crippen LogP contribution in [0.25, 0.3) is 0 Å². The summed E-state index contributed by atoms with van der Waals surface area (Å²) in [6.45, 7) is 5.91. The Morgan fingerprint density at radius 2 is 1.69 bits per heavy atom. The van der Waals surface area contributed by atoms with E-state index >= 15 is 0 Å². The third kappa shape index (κ3) is 6.07. The molecule has 2 rings (SSSR count). The standard InChI is InChI=1S/C22H34FN5O3S/c1-7-10-15-12-17(23)13-16(11-8-2)21(15)24-22(29)26-32(30,31)20-14-19(28(6)25-20)18(9-3)27(4)5/h12-14,18H,7-11H2,1-6H3,(H2,24,26,29). The SMILES string of the molecule is CCCc1cc(F)cc(CCC)c1NC(=O)NS(=O)(=O)c1cc(C(CC)N(C)C)n(C)n1. The van der Waals surface area contributed by atoms with Gasteiger partial charge >= 0.3 is 6.03 Å². The molecule has 0 radical (unpaired) electrons. The number of hydrogen-bond acceptors (Lipinski definition) is 5. The van der Waals surface area contributed by atoms with E-state index in [9.17, 15) is 17.6 Å². The summed E-state index contributed by atoms with van der Waals surface area (Å²) in [4.78, 5) is 14.6. The summed E-state index contributed by atoms with van der Waals surface area (Å²) in [5.74, 6) is -0.372. The normalized spacial score (nSPS) is 12.8. The lowest BCUT2D eigenvalue weighted by Crippen LogP contribution is -2.35. The smallest absolute Gasteiger partial charge is 0.307 e. The number of anilines is 1. The molecular weight excluding hydrogens is 433 g/mol. The van der Waals surface area contributed by atoms with Crippen LogP contribution >= 0.6 is 0 Å². The van der Waals surface area contributed by atoms with Crippen LogP contribution < -0.4 is 10.0 Å². The van der Waals surface area contributed by atoms with E-state index in [-0.39, 0.29) is 16.9 Å². The number of carbonyl (C=O) groups is 1. The fraction of sp³-hybridized carbons (Fsp3) is 0.545. The number of amides is 2. The number of nitrogens with one attached hydrogen (secondary N) is 2. The summed E-state index contributed by atoms with van der Waals surface area (Å²) in [5.41, 5.74) is 2.47. The second-order valence-corrected chi connectivity index (χ2v) is 9.71. The number of rotatable bonds is 10. The summed E-state index contributed by atoms with van der Waals surface area (Å²) >= 11 is 0. The van der Waals surface area contributed by atoms with Crippen molar-refractivity contribution in [3.63, 3.8) is 0 Å². The molecule has 0 bridgehead atoms. The Balaban J connectivity index is 2.30. The fourth-order valence-electron chi connectivity index (χ4n) is 3.87. The first-order valence-corrected chi connectivity index (χ1v) is 12.4. The molecule has 2 aromatic rings. The van der Waals surface area contributed by atoms with Crippen LogP contribution in [0.3, 0.4) is 0 Å². The molecule has 1 aromatic carbocycles. The van der Waals surface area contributed by atoms with E-state index in [1.165, 1.54) is 22.9 Å². The van der Waals surface area contributed by atoms with Crippen molar-refractivity contribution in [3.8, 4) is 0 Å². The molecule has 178 valence electrons. The molecule has 1 unspecified atom stereocenters. The Morgan fingerprint density at radius 3 is 2.16 bits per heavy atom. The second-order valence-electron chi connectivity index (χ2n) is 8.08. The lowest BCUT2D eigenvalue weighted by molar-refractivity contribution is 0.256. The van der Waals surface area contributed by atoms with E-state index in [4.69, 9.17) is 0 Å². The second kappa shape index (κ2) is 10.9. The molecule has 1 aromatic heterocycles. The Morgan fingerprint density at radius 1 is 1.12 bits per heavy atom. The highest BCUT2D eigenvalue weighted by Crippen LogP contribution is 2.27. The van der Waals surface area contributed by atoms with Gasteiger partial charge in [0.25, 0.3) is 10.0 Å². The van der Waals surface area contributed by atoms with Crippen molar-refractivity contribution >= 4 is 21.7 Å². The van der Waals surface area contributed by atoms with Crippen LogP contribution in [-0.4, -0.2) is 43.2 Å². The summed E-state index contributed by atoms with van der Waals surface area (Å²) in [7, 11) is 1.30. The fourth-order valence-corrected chi connectivity index (χ4v) is 4.77. The zero-order valence-electron chi connectivity index (χ0n) is 19.7. The summed E-state index contributed by atoms with van der Waals surface area (Å²) in [5, 5.41) is 6.52. The van der Waals surface area contributed by atoms with Crippen molar-refractivity contribution in [2.24, 2.45) is 7.05 Å². The number of carbonyl (C=O) groups excluding carboxylic acids is 1. The maximum Gasteiger partial charge on any atom is 0.333 e. The summed E-state index contributed by atoms with van der Waals surface area (Å²) in [6, 6.07) is 3.32. The lowest BCUT2D eigenvalue weighted by atomic mass is 10.00. The van der Waals surface area contributed by atoms with Gasteiger partial charge in [-0.05, 0) is 56.6 Å². The third-order valence-corrected chi connectivity index (χ3v) is 6.50. The summed E-state index contributed by atoms with van der Waals surface area (Å²) < 4.78 is 43.3. The number of hydrogen-bond donors (Lipinski definition) is 2. The largest absolute Gasteiger partial charge is 0.333 e. The van der Waals surface area contributed by atoms with Crippen LogP contribution in [-0.2, 0) is 29.9 Å². The quantitative estimate of drug-likeness (QED) is 0.551. The number of sulfonamides is 1. The number of aryl methyl sites for hydroxylation is 3. The number of aromatic nitrogens is 2. The molecule has 0 aliphatic heterocycles. The van der Waals surface area contributed by atoms with E-state index in [2.05, 4.69) is 10.4 Å². The highest BCUT2D eigenvalue weighted by atomic mass is 32.2. The zero-order valence-corrected chi connectivity index (χ0v) is 20.5. The Bertz CT molecular complexity index is 1020. The first-order valence-electron chi connectivity index (χ1n) is 10.9. The van der Waals surface area contributed by atoms with Gasteiger partial charge in [0.05, 0.1) is 11.7 Å². The minimum atomic E-state index is -4.19. The Hall–Kier alpha value is -2.46. The van der Waals surface area contributed by atoms with Crippen molar-refractivity contribution in [2.75, 3.05) is 19.4 Å². The third-order valence-electron chi connectivity index (χ3n) is 5.29.